The van der Waals surface area contributed by atoms with Crippen molar-refractivity contribution in [2.24, 2.45) is 5.73 Å². The molecule has 0 bridgehead atoms. The zero-order valence-electron chi connectivity index (χ0n) is 15.1. The predicted molar refractivity (Wildman–Crippen MR) is 106 cm³/mol. The maximum Gasteiger partial charge on any atom is 0.165 e. The van der Waals surface area contributed by atoms with E-state index >= 15 is 0 Å². The smallest absolute Gasteiger partial charge is 0.165 e. The second kappa shape index (κ2) is 5.89. The summed E-state index contributed by atoms with van der Waals surface area (Å²) in [4.78, 5) is 13.8. The molecule has 6 nitrogen and oxygen atoms in total. The Morgan fingerprint density at radius 2 is 2.00 bits per heavy atom. The second-order valence-corrected chi connectivity index (χ2v) is 7.03. The third-order valence-corrected chi connectivity index (χ3v) is 5.23. The van der Waals surface area contributed by atoms with Gasteiger partial charge >= 0.3 is 0 Å². The molecule has 3 heterocycles. The molecule has 4 aromatic rings. The summed E-state index contributed by atoms with van der Waals surface area (Å²) >= 11 is 0. The fourth-order valence-electron chi connectivity index (χ4n) is 3.86. The number of benzene rings is 1. The minimum absolute atomic E-state index is 0.127. The topological polar surface area (TPSA) is 95.6 Å². The first-order valence-corrected chi connectivity index (χ1v) is 9.07. The molecule has 0 saturated heterocycles. The molecule has 0 amide bonds. The van der Waals surface area contributed by atoms with Crippen LogP contribution < -0.4 is 11.5 Å². The van der Waals surface area contributed by atoms with Crippen LogP contribution in [0.1, 0.15) is 29.3 Å². The molecule has 1 aromatic carbocycles. The monoisotopic (exact) mass is 356 g/mol. The average Bonchev–Trinajstić information content (AvgIpc) is 3.22. The maximum atomic E-state index is 6.21. The van der Waals surface area contributed by atoms with Gasteiger partial charge in [-0.05, 0) is 67.3 Å². The normalized spacial score (nSPS) is 16.0. The quantitative estimate of drug-likeness (QED) is 0.574. The van der Waals surface area contributed by atoms with Gasteiger partial charge in [0.05, 0.1) is 5.56 Å². The number of nitrogen functional groups attached to an aromatic ring is 1. The Balaban J connectivity index is 1.81. The van der Waals surface area contributed by atoms with Gasteiger partial charge in [-0.1, -0.05) is 6.07 Å². The van der Waals surface area contributed by atoms with Crippen molar-refractivity contribution in [2.45, 2.75) is 25.8 Å². The highest BCUT2D eigenvalue weighted by Gasteiger charge is 2.22. The second-order valence-electron chi connectivity index (χ2n) is 7.03. The van der Waals surface area contributed by atoms with Crippen LogP contribution in [-0.4, -0.2) is 19.5 Å². The van der Waals surface area contributed by atoms with E-state index in [0.717, 1.165) is 46.8 Å². The van der Waals surface area contributed by atoms with Crippen LogP contribution in [-0.2, 0) is 6.42 Å². The van der Waals surface area contributed by atoms with Crippen LogP contribution in [0, 0.1) is 6.92 Å². The Kier molecular flexibility index (Phi) is 3.48. The summed E-state index contributed by atoms with van der Waals surface area (Å²) in [5, 5.41) is 0. The molecular formula is C21H20N6. The number of rotatable bonds is 2. The minimum Gasteiger partial charge on any atom is -0.383 e. The number of anilines is 1. The first kappa shape index (κ1) is 16.0. The van der Waals surface area contributed by atoms with Crippen LogP contribution >= 0.6 is 0 Å². The molecule has 134 valence electrons. The van der Waals surface area contributed by atoms with Crippen LogP contribution in [0.4, 0.5) is 5.82 Å². The van der Waals surface area contributed by atoms with Crippen LogP contribution in [0.2, 0.25) is 0 Å². The van der Waals surface area contributed by atoms with Gasteiger partial charge in [0.15, 0.2) is 11.5 Å². The number of hydrogen-bond donors (Lipinski definition) is 2. The first-order valence-electron chi connectivity index (χ1n) is 9.07. The summed E-state index contributed by atoms with van der Waals surface area (Å²) in [6.45, 7) is 1.98. The van der Waals surface area contributed by atoms with Crippen LogP contribution in [0.15, 0.2) is 48.7 Å². The Bertz CT molecular complexity index is 1180. The number of fused-ring (bicyclic) bond motifs is 2. The van der Waals surface area contributed by atoms with E-state index in [2.05, 4.69) is 27.8 Å². The SMILES string of the molecule is Cc1ccc2nc(-c3cccnc3N)n(-c3ccc4c(c3)CC[C@@H]4N)c2n1. The van der Waals surface area contributed by atoms with E-state index in [1.807, 2.05) is 31.2 Å². The molecule has 6 heteroatoms. The predicted octanol–water partition coefficient (Wildman–Crippen LogP) is 3.32. The summed E-state index contributed by atoms with van der Waals surface area (Å²) in [5.74, 6) is 1.20. The highest BCUT2D eigenvalue weighted by atomic mass is 15.1. The third kappa shape index (κ3) is 2.49. The van der Waals surface area contributed by atoms with Gasteiger partial charge in [0.25, 0.3) is 0 Å². The van der Waals surface area contributed by atoms with E-state index in [9.17, 15) is 0 Å². The molecule has 0 saturated carbocycles. The lowest BCUT2D eigenvalue weighted by atomic mass is 10.1. The Hall–Kier alpha value is -3.25. The summed E-state index contributed by atoms with van der Waals surface area (Å²) in [6, 6.07) is 14.3. The summed E-state index contributed by atoms with van der Waals surface area (Å²) in [5.41, 5.74) is 19.3. The number of aryl methyl sites for hydroxylation is 2. The molecule has 1 aliphatic rings. The average molecular weight is 356 g/mol. The van der Waals surface area contributed by atoms with Crippen molar-refractivity contribution in [3.8, 4) is 17.1 Å². The first-order chi connectivity index (χ1) is 13.1. The summed E-state index contributed by atoms with van der Waals surface area (Å²) in [6.07, 6.45) is 3.67. The highest BCUT2D eigenvalue weighted by molar-refractivity contribution is 5.83. The van der Waals surface area contributed by atoms with Crippen molar-refractivity contribution in [1.82, 2.24) is 19.5 Å². The van der Waals surface area contributed by atoms with Crippen molar-refractivity contribution in [2.75, 3.05) is 5.73 Å². The van der Waals surface area contributed by atoms with E-state index in [-0.39, 0.29) is 6.04 Å². The molecule has 0 unspecified atom stereocenters. The van der Waals surface area contributed by atoms with Crippen molar-refractivity contribution in [3.05, 3.63) is 65.5 Å². The molecule has 1 aliphatic carbocycles. The van der Waals surface area contributed by atoms with Gasteiger partial charge in [-0.2, -0.15) is 0 Å². The minimum atomic E-state index is 0.127. The third-order valence-electron chi connectivity index (χ3n) is 5.23. The lowest BCUT2D eigenvalue weighted by Gasteiger charge is -2.12. The molecule has 0 radical (unpaired) electrons. The summed E-state index contributed by atoms with van der Waals surface area (Å²) in [7, 11) is 0. The van der Waals surface area contributed by atoms with Crippen LogP contribution in [0.25, 0.3) is 28.2 Å². The fraction of sp³-hybridized carbons (Fsp3) is 0.190. The number of aromatic nitrogens is 4. The van der Waals surface area contributed by atoms with Crippen molar-refractivity contribution >= 4 is 17.0 Å². The van der Waals surface area contributed by atoms with Gasteiger partial charge in [0.2, 0.25) is 0 Å². The number of nitrogens with zero attached hydrogens (tertiary/aromatic N) is 4. The van der Waals surface area contributed by atoms with Crippen molar-refractivity contribution < 1.29 is 0 Å². The lowest BCUT2D eigenvalue weighted by Crippen LogP contribution is -2.06. The van der Waals surface area contributed by atoms with E-state index < -0.39 is 0 Å². The van der Waals surface area contributed by atoms with Crippen LogP contribution in [0.3, 0.4) is 0 Å². The molecule has 0 spiro atoms. The van der Waals surface area contributed by atoms with E-state index in [1.165, 1.54) is 11.1 Å². The van der Waals surface area contributed by atoms with Gasteiger partial charge in [-0.15, -0.1) is 0 Å². The molecule has 0 aliphatic heterocycles. The zero-order chi connectivity index (χ0) is 18.5. The van der Waals surface area contributed by atoms with Gasteiger partial charge in [-0.25, -0.2) is 15.0 Å². The highest BCUT2D eigenvalue weighted by Crippen LogP contribution is 2.34. The van der Waals surface area contributed by atoms with Gasteiger partial charge < -0.3 is 11.5 Å². The Morgan fingerprint density at radius 3 is 2.85 bits per heavy atom. The molecule has 27 heavy (non-hydrogen) atoms. The molecule has 0 fully saturated rings. The number of pyridine rings is 2. The van der Waals surface area contributed by atoms with Crippen molar-refractivity contribution in [1.29, 1.82) is 0 Å². The van der Waals surface area contributed by atoms with E-state index in [0.29, 0.717) is 5.82 Å². The Labute approximate surface area is 156 Å². The Morgan fingerprint density at radius 1 is 1.11 bits per heavy atom. The molecule has 5 rings (SSSR count). The van der Waals surface area contributed by atoms with Gasteiger partial charge in [0.1, 0.15) is 11.3 Å². The lowest BCUT2D eigenvalue weighted by molar-refractivity contribution is 0.713. The molecule has 3 aromatic heterocycles. The fourth-order valence-corrected chi connectivity index (χ4v) is 3.86. The van der Waals surface area contributed by atoms with Gasteiger partial charge in [-0.3, -0.25) is 4.57 Å². The number of imidazole rings is 1. The molecule has 1 atom stereocenters. The zero-order valence-corrected chi connectivity index (χ0v) is 15.1. The number of nitrogens with two attached hydrogens (primary N) is 2. The maximum absolute atomic E-state index is 6.21. The number of hydrogen-bond acceptors (Lipinski definition) is 5. The van der Waals surface area contributed by atoms with Gasteiger partial charge in [0, 0.05) is 23.6 Å². The van der Waals surface area contributed by atoms with E-state index in [4.69, 9.17) is 21.4 Å². The van der Waals surface area contributed by atoms with E-state index in [1.54, 1.807) is 6.20 Å². The molecule has 4 N–H and O–H groups in total. The molecular weight excluding hydrogens is 336 g/mol. The largest absolute Gasteiger partial charge is 0.383 e. The van der Waals surface area contributed by atoms with Crippen LogP contribution in [0.5, 0.6) is 0 Å². The van der Waals surface area contributed by atoms with Crippen molar-refractivity contribution in [3.63, 3.8) is 0 Å². The standard InChI is InChI=1S/C21H20N6/c1-12-4-9-18-21(25-12)27(20(26-18)16-3-2-10-24-19(16)23)14-6-7-15-13(11-14)5-8-17(15)22/h2-4,6-7,9-11,17H,5,8,22H2,1H3,(H2,23,24)/t17-/m0/s1. The summed E-state index contributed by atoms with van der Waals surface area (Å²) < 4.78 is 2.07.